The van der Waals surface area contributed by atoms with Gasteiger partial charge < -0.3 is 19.4 Å². The van der Waals surface area contributed by atoms with Gasteiger partial charge in [0, 0.05) is 24.0 Å². The standard InChI is InChI=1S/C21H22N4O4S/c1-28-16-6-4-14(5-7-16)17-12-30-19(24-17)10-23-20(26)15-3-2-8-25(11-15)21(27)18-9-22-13-29-18/h4-7,9,12-13,15H,2-3,8,10-11H2,1H3,(H,23,26)/t15-/m0/s1. The zero-order valence-corrected chi connectivity index (χ0v) is 17.4. The maximum absolute atomic E-state index is 12.7. The monoisotopic (exact) mass is 426 g/mol. The molecule has 30 heavy (non-hydrogen) atoms. The quantitative estimate of drug-likeness (QED) is 0.651. The first-order chi connectivity index (χ1) is 14.6. The van der Waals surface area contributed by atoms with Crippen molar-refractivity contribution in [1.29, 1.82) is 0 Å². The van der Waals surface area contributed by atoms with Crippen LogP contribution in [0.25, 0.3) is 11.3 Å². The fourth-order valence-corrected chi connectivity index (χ4v) is 4.19. The first-order valence-corrected chi connectivity index (χ1v) is 10.6. The zero-order chi connectivity index (χ0) is 20.9. The highest BCUT2D eigenvalue weighted by molar-refractivity contribution is 7.09. The van der Waals surface area contributed by atoms with E-state index in [0.717, 1.165) is 34.9 Å². The number of amides is 2. The topological polar surface area (TPSA) is 97.6 Å². The van der Waals surface area contributed by atoms with Crippen molar-refractivity contribution < 1.29 is 18.7 Å². The molecule has 0 spiro atoms. The number of carbonyl (C=O) groups is 2. The van der Waals surface area contributed by atoms with Gasteiger partial charge in [-0.3, -0.25) is 9.59 Å². The third kappa shape index (κ3) is 4.51. The van der Waals surface area contributed by atoms with Gasteiger partial charge in [0.05, 0.1) is 31.5 Å². The number of rotatable bonds is 6. The number of piperidine rings is 1. The van der Waals surface area contributed by atoms with Crippen molar-refractivity contribution in [2.45, 2.75) is 19.4 Å². The number of ether oxygens (including phenoxy) is 1. The third-order valence-electron chi connectivity index (χ3n) is 5.07. The van der Waals surface area contributed by atoms with Crippen LogP contribution in [0.15, 0.2) is 46.7 Å². The highest BCUT2D eigenvalue weighted by Crippen LogP contribution is 2.24. The summed E-state index contributed by atoms with van der Waals surface area (Å²) in [6, 6.07) is 7.70. The second kappa shape index (κ2) is 9.08. The Morgan fingerprint density at radius 3 is 2.90 bits per heavy atom. The molecule has 1 atom stereocenters. The van der Waals surface area contributed by atoms with E-state index < -0.39 is 0 Å². The molecule has 2 aromatic heterocycles. The van der Waals surface area contributed by atoms with Gasteiger partial charge in [-0.2, -0.15) is 0 Å². The van der Waals surface area contributed by atoms with Crippen LogP contribution in [0.4, 0.5) is 0 Å². The van der Waals surface area contributed by atoms with Crippen molar-refractivity contribution in [1.82, 2.24) is 20.2 Å². The Morgan fingerprint density at radius 1 is 1.33 bits per heavy atom. The fraction of sp³-hybridized carbons (Fsp3) is 0.333. The molecular weight excluding hydrogens is 404 g/mol. The number of nitrogens with zero attached hydrogens (tertiary/aromatic N) is 3. The van der Waals surface area contributed by atoms with E-state index in [1.165, 1.54) is 23.9 Å². The van der Waals surface area contributed by atoms with E-state index in [4.69, 9.17) is 9.15 Å². The number of hydrogen-bond donors (Lipinski definition) is 1. The number of carbonyl (C=O) groups excluding carboxylic acids is 2. The fourth-order valence-electron chi connectivity index (χ4n) is 3.45. The molecule has 1 fully saturated rings. The molecule has 0 unspecified atom stereocenters. The highest BCUT2D eigenvalue weighted by Gasteiger charge is 2.30. The van der Waals surface area contributed by atoms with Crippen LogP contribution in [0, 0.1) is 5.92 Å². The lowest BCUT2D eigenvalue weighted by Crippen LogP contribution is -2.45. The normalized spacial score (nSPS) is 16.3. The SMILES string of the molecule is COc1ccc(-c2csc(CNC(=O)[C@H]3CCCN(C(=O)c4cnco4)C3)n2)cc1. The van der Waals surface area contributed by atoms with E-state index in [1.54, 1.807) is 12.0 Å². The zero-order valence-electron chi connectivity index (χ0n) is 16.5. The summed E-state index contributed by atoms with van der Waals surface area (Å²) in [5.74, 6) is 0.460. The number of oxazole rings is 1. The van der Waals surface area contributed by atoms with Gasteiger partial charge in [-0.15, -0.1) is 11.3 Å². The van der Waals surface area contributed by atoms with Crippen molar-refractivity contribution in [2.75, 3.05) is 20.2 Å². The van der Waals surface area contributed by atoms with Gasteiger partial charge in [-0.25, -0.2) is 9.97 Å². The molecule has 3 aromatic rings. The Kier molecular flexibility index (Phi) is 6.08. The Hall–Kier alpha value is -3.20. The molecule has 156 valence electrons. The highest BCUT2D eigenvalue weighted by atomic mass is 32.1. The van der Waals surface area contributed by atoms with Crippen LogP contribution in [-0.2, 0) is 11.3 Å². The van der Waals surface area contributed by atoms with Crippen molar-refractivity contribution in [3.05, 3.63) is 53.0 Å². The lowest BCUT2D eigenvalue weighted by Gasteiger charge is -2.31. The molecule has 0 aliphatic carbocycles. The molecule has 0 saturated carbocycles. The molecule has 3 heterocycles. The van der Waals surface area contributed by atoms with Gasteiger partial charge >= 0.3 is 0 Å². The summed E-state index contributed by atoms with van der Waals surface area (Å²) in [5, 5.41) is 5.77. The van der Waals surface area contributed by atoms with E-state index in [1.807, 2.05) is 29.6 Å². The maximum Gasteiger partial charge on any atom is 0.291 e. The van der Waals surface area contributed by atoms with E-state index in [2.05, 4.69) is 15.3 Å². The summed E-state index contributed by atoms with van der Waals surface area (Å²) < 4.78 is 10.3. The van der Waals surface area contributed by atoms with E-state index in [-0.39, 0.29) is 23.5 Å². The number of thiazole rings is 1. The van der Waals surface area contributed by atoms with Crippen molar-refractivity contribution in [3.8, 4) is 17.0 Å². The smallest absolute Gasteiger partial charge is 0.291 e. The molecule has 0 bridgehead atoms. The van der Waals surface area contributed by atoms with E-state index in [0.29, 0.717) is 19.6 Å². The number of nitrogens with one attached hydrogen (secondary N) is 1. The number of benzene rings is 1. The van der Waals surface area contributed by atoms with Crippen LogP contribution < -0.4 is 10.1 Å². The summed E-state index contributed by atoms with van der Waals surface area (Å²) in [5.41, 5.74) is 1.87. The number of likely N-dealkylation sites (tertiary alicyclic amines) is 1. The lowest BCUT2D eigenvalue weighted by molar-refractivity contribution is -0.126. The predicted octanol–water partition coefficient (Wildman–Crippen LogP) is 2.98. The molecular formula is C21H22N4O4S. The minimum atomic E-state index is -0.244. The largest absolute Gasteiger partial charge is 0.497 e. The second-order valence-electron chi connectivity index (χ2n) is 7.03. The predicted molar refractivity (Wildman–Crippen MR) is 111 cm³/mol. The van der Waals surface area contributed by atoms with Gasteiger partial charge in [-0.1, -0.05) is 0 Å². The van der Waals surface area contributed by atoms with Crippen molar-refractivity contribution >= 4 is 23.2 Å². The maximum atomic E-state index is 12.7. The first kappa shape index (κ1) is 20.1. The van der Waals surface area contributed by atoms with E-state index >= 15 is 0 Å². The summed E-state index contributed by atoms with van der Waals surface area (Å²) in [4.78, 5) is 35.1. The molecule has 4 rings (SSSR count). The first-order valence-electron chi connectivity index (χ1n) is 9.68. The molecule has 8 nitrogen and oxygen atoms in total. The van der Waals surface area contributed by atoms with Crippen LogP contribution in [0.2, 0.25) is 0 Å². The minimum absolute atomic E-state index is 0.0636. The minimum Gasteiger partial charge on any atom is -0.497 e. The van der Waals surface area contributed by atoms with Crippen LogP contribution in [0.3, 0.4) is 0 Å². The van der Waals surface area contributed by atoms with Crippen molar-refractivity contribution in [3.63, 3.8) is 0 Å². The average Bonchev–Trinajstić information content (AvgIpc) is 3.49. The Labute approximate surface area is 177 Å². The van der Waals surface area contributed by atoms with E-state index in [9.17, 15) is 9.59 Å². The molecule has 1 N–H and O–H groups in total. The molecule has 1 aromatic carbocycles. The molecule has 1 saturated heterocycles. The van der Waals surface area contributed by atoms with Gasteiger partial charge in [0.25, 0.3) is 5.91 Å². The van der Waals surface area contributed by atoms with Gasteiger partial charge in [0.15, 0.2) is 6.39 Å². The van der Waals surface area contributed by atoms with Crippen LogP contribution in [0.1, 0.15) is 28.4 Å². The molecule has 2 amide bonds. The summed E-state index contributed by atoms with van der Waals surface area (Å²) in [7, 11) is 1.63. The van der Waals surface area contributed by atoms with Crippen LogP contribution in [-0.4, -0.2) is 46.9 Å². The van der Waals surface area contributed by atoms with Gasteiger partial charge in [0.1, 0.15) is 10.8 Å². The number of methoxy groups -OCH3 is 1. The summed E-state index contributed by atoms with van der Waals surface area (Å²) in [6.07, 6.45) is 4.16. The molecule has 1 aliphatic heterocycles. The van der Waals surface area contributed by atoms with Crippen molar-refractivity contribution in [2.24, 2.45) is 5.92 Å². The number of hydrogen-bond acceptors (Lipinski definition) is 7. The third-order valence-corrected chi connectivity index (χ3v) is 5.92. The molecule has 1 aliphatic rings. The Morgan fingerprint density at radius 2 is 2.17 bits per heavy atom. The van der Waals surface area contributed by atoms with Gasteiger partial charge in [0.2, 0.25) is 11.7 Å². The Bertz CT molecular complexity index is 1000. The molecule has 0 radical (unpaired) electrons. The second-order valence-corrected chi connectivity index (χ2v) is 7.97. The summed E-state index contributed by atoms with van der Waals surface area (Å²) >= 11 is 1.51. The van der Waals surface area contributed by atoms with Crippen LogP contribution >= 0.6 is 11.3 Å². The average molecular weight is 426 g/mol. The number of aromatic nitrogens is 2. The Balaban J connectivity index is 1.32. The van der Waals surface area contributed by atoms with Gasteiger partial charge in [-0.05, 0) is 37.1 Å². The lowest BCUT2D eigenvalue weighted by atomic mass is 9.97. The summed E-state index contributed by atoms with van der Waals surface area (Å²) in [6.45, 7) is 1.35. The van der Waals surface area contributed by atoms with Crippen LogP contribution in [0.5, 0.6) is 5.75 Å². The molecule has 9 heteroatoms.